The number of guanidine groups is 1. The van der Waals surface area contributed by atoms with Crippen LogP contribution in [0, 0.1) is 0 Å². The lowest BCUT2D eigenvalue weighted by Crippen LogP contribution is -2.50. The van der Waals surface area contributed by atoms with Gasteiger partial charge in [0.15, 0.2) is 5.96 Å². The number of hydrogen-bond donors (Lipinski definition) is 4. The van der Waals surface area contributed by atoms with E-state index in [0.717, 1.165) is 45.1 Å². The van der Waals surface area contributed by atoms with Crippen molar-refractivity contribution in [3.63, 3.8) is 0 Å². The lowest BCUT2D eigenvalue weighted by atomic mass is 9.80. The van der Waals surface area contributed by atoms with Crippen molar-refractivity contribution in [3.05, 3.63) is 0 Å². The fourth-order valence-corrected chi connectivity index (χ4v) is 2.68. The molecule has 0 radical (unpaired) electrons. The largest absolute Gasteiger partial charge is 0.444 e. The number of alkyl carbamates (subject to hydrolysis) is 1. The number of hydrogen-bond acceptors (Lipinski definition) is 4. The molecule has 1 unspecified atom stereocenters. The van der Waals surface area contributed by atoms with Crippen LogP contribution in [-0.2, 0) is 4.74 Å². The summed E-state index contributed by atoms with van der Waals surface area (Å²) in [5, 5.41) is 19.7. The molecule has 0 spiro atoms. The van der Waals surface area contributed by atoms with Gasteiger partial charge in [0.2, 0.25) is 0 Å². The number of aliphatic hydroxyl groups is 1. The van der Waals surface area contributed by atoms with E-state index in [0.29, 0.717) is 19.0 Å². The molecule has 160 valence electrons. The standard InChI is InChI=1S/C19H38N4O3.HI/c1-6-8-10-15(13-21-17(24)26-18(3,4)5)23-16(20-7-2)22-14-19(25)11-9-12-19;/h15,25H,6-14H2,1-5H3,(H,21,24)(H2,20,22,23);1H. The average molecular weight is 498 g/mol. The van der Waals surface area contributed by atoms with Crippen molar-refractivity contribution >= 4 is 36.0 Å². The third-order valence-corrected chi connectivity index (χ3v) is 4.30. The Balaban J connectivity index is 0.00000676. The van der Waals surface area contributed by atoms with E-state index < -0.39 is 17.3 Å². The Morgan fingerprint density at radius 3 is 2.41 bits per heavy atom. The van der Waals surface area contributed by atoms with Gasteiger partial charge in [0.05, 0.1) is 12.1 Å². The first-order chi connectivity index (χ1) is 12.2. The molecule has 1 saturated carbocycles. The zero-order chi connectivity index (χ0) is 19.6. The van der Waals surface area contributed by atoms with Crippen molar-refractivity contribution in [2.75, 3.05) is 19.6 Å². The van der Waals surface area contributed by atoms with E-state index in [-0.39, 0.29) is 30.0 Å². The van der Waals surface area contributed by atoms with Crippen LogP contribution in [0.15, 0.2) is 4.99 Å². The molecule has 0 aromatic rings. The molecule has 1 aliphatic rings. The summed E-state index contributed by atoms with van der Waals surface area (Å²) in [6, 6.07) is 0.0521. The van der Waals surface area contributed by atoms with Crippen molar-refractivity contribution in [3.8, 4) is 0 Å². The maximum Gasteiger partial charge on any atom is 0.407 e. The third-order valence-electron chi connectivity index (χ3n) is 4.30. The van der Waals surface area contributed by atoms with Crippen LogP contribution in [0.3, 0.4) is 0 Å². The zero-order valence-corrected chi connectivity index (χ0v) is 19.9. The van der Waals surface area contributed by atoms with Gasteiger partial charge < -0.3 is 25.8 Å². The summed E-state index contributed by atoms with van der Waals surface area (Å²) in [6.07, 6.45) is 5.34. The molecule has 1 amide bonds. The Hall–Kier alpha value is -0.770. The van der Waals surface area contributed by atoms with Crippen LogP contribution in [0.25, 0.3) is 0 Å². The lowest BCUT2D eigenvalue weighted by Gasteiger charge is -2.35. The first kappa shape index (κ1) is 26.2. The van der Waals surface area contributed by atoms with Gasteiger partial charge in [-0.15, -0.1) is 24.0 Å². The summed E-state index contributed by atoms with van der Waals surface area (Å²) in [7, 11) is 0. The van der Waals surface area contributed by atoms with Crippen LogP contribution in [-0.4, -0.2) is 54.0 Å². The highest BCUT2D eigenvalue weighted by Gasteiger charge is 2.34. The van der Waals surface area contributed by atoms with Crippen LogP contribution in [0.1, 0.15) is 73.1 Å². The van der Waals surface area contributed by atoms with Gasteiger partial charge in [-0.1, -0.05) is 19.8 Å². The molecule has 27 heavy (non-hydrogen) atoms. The molecule has 0 aliphatic heterocycles. The van der Waals surface area contributed by atoms with E-state index in [4.69, 9.17) is 4.74 Å². The van der Waals surface area contributed by atoms with Gasteiger partial charge in [-0.25, -0.2) is 4.79 Å². The van der Waals surface area contributed by atoms with Crippen molar-refractivity contribution in [1.29, 1.82) is 0 Å². The lowest BCUT2D eigenvalue weighted by molar-refractivity contribution is -0.0236. The molecule has 0 saturated heterocycles. The Morgan fingerprint density at radius 1 is 1.26 bits per heavy atom. The smallest absolute Gasteiger partial charge is 0.407 e. The molecule has 0 heterocycles. The minimum Gasteiger partial charge on any atom is -0.444 e. The number of amides is 1. The predicted octanol–water partition coefficient (Wildman–Crippen LogP) is 3.16. The van der Waals surface area contributed by atoms with Crippen molar-refractivity contribution in [2.45, 2.75) is 90.4 Å². The summed E-state index contributed by atoms with van der Waals surface area (Å²) in [6.45, 7) is 11.3. The number of nitrogens with zero attached hydrogens (tertiary/aromatic N) is 1. The second-order valence-electron chi connectivity index (χ2n) is 8.14. The first-order valence-corrected chi connectivity index (χ1v) is 9.91. The van der Waals surface area contributed by atoms with E-state index in [1.54, 1.807) is 0 Å². The number of unbranched alkanes of at least 4 members (excludes halogenated alkanes) is 1. The highest BCUT2D eigenvalue weighted by molar-refractivity contribution is 14.0. The number of nitrogens with one attached hydrogen (secondary N) is 3. The van der Waals surface area contributed by atoms with Crippen LogP contribution in [0.5, 0.6) is 0 Å². The minimum absolute atomic E-state index is 0. The predicted molar refractivity (Wildman–Crippen MR) is 121 cm³/mol. The Bertz CT molecular complexity index is 462. The molecular formula is C19H39IN4O3. The van der Waals surface area contributed by atoms with Crippen LogP contribution >= 0.6 is 24.0 Å². The van der Waals surface area contributed by atoms with Gasteiger partial charge in [0, 0.05) is 19.1 Å². The van der Waals surface area contributed by atoms with Gasteiger partial charge in [-0.3, -0.25) is 4.99 Å². The van der Waals surface area contributed by atoms with Crippen molar-refractivity contribution < 1.29 is 14.6 Å². The summed E-state index contributed by atoms with van der Waals surface area (Å²) in [5.74, 6) is 0.680. The molecule has 1 atom stereocenters. The molecule has 4 N–H and O–H groups in total. The zero-order valence-electron chi connectivity index (χ0n) is 17.6. The van der Waals surface area contributed by atoms with E-state index in [2.05, 4.69) is 27.9 Å². The summed E-state index contributed by atoms with van der Waals surface area (Å²) in [5.41, 5.74) is -1.15. The Labute approximate surface area is 181 Å². The van der Waals surface area contributed by atoms with Crippen LogP contribution in [0.2, 0.25) is 0 Å². The second kappa shape index (κ2) is 12.6. The Kier molecular flexibility index (Phi) is 12.3. The van der Waals surface area contributed by atoms with E-state index in [1.807, 2.05) is 27.7 Å². The fraction of sp³-hybridized carbons (Fsp3) is 0.895. The number of carbonyl (C=O) groups is 1. The summed E-state index contributed by atoms with van der Waals surface area (Å²) in [4.78, 5) is 16.5. The van der Waals surface area contributed by atoms with E-state index in [9.17, 15) is 9.90 Å². The monoisotopic (exact) mass is 498 g/mol. The summed E-state index contributed by atoms with van der Waals surface area (Å²) >= 11 is 0. The molecule has 0 aromatic carbocycles. The highest BCUT2D eigenvalue weighted by atomic mass is 127. The maximum absolute atomic E-state index is 11.9. The summed E-state index contributed by atoms with van der Waals surface area (Å²) < 4.78 is 5.30. The number of aliphatic imine (C=N–C) groups is 1. The third kappa shape index (κ3) is 11.6. The number of rotatable bonds is 9. The minimum atomic E-state index is -0.643. The Morgan fingerprint density at radius 2 is 1.93 bits per heavy atom. The molecule has 7 nitrogen and oxygen atoms in total. The average Bonchev–Trinajstić information content (AvgIpc) is 2.51. The fourth-order valence-electron chi connectivity index (χ4n) is 2.68. The number of ether oxygens (including phenoxy) is 1. The highest BCUT2D eigenvalue weighted by Crippen LogP contribution is 2.31. The van der Waals surface area contributed by atoms with E-state index in [1.165, 1.54) is 0 Å². The van der Waals surface area contributed by atoms with Gasteiger partial charge in [0.1, 0.15) is 5.60 Å². The molecule has 0 aromatic heterocycles. The quantitative estimate of drug-likeness (QED) is 0.223. The van der Waals surface area contributed by atoms with Crippen LogP contribution in [0.4, 0.5) is 4.79 Å². The van der Waals surface area contributed by atoms with Gasteiger partial charge in [0.25, 0.3) is 0 Å². The molecule has 1 aliphatic carbocycles. The van der Waals surface area contributed by atoms with E-state index >= 15 is 0 Å². The molecular weight excluding hydrogens is 459 g/mol. The molecule has 1 fully saturated rings. The molecule has 8 heteroatoms. The maximum atomic E-state index is 11.9. The topological polar surface area (TPSA) is 95.0 Å². The van der Waals surface area contributed by atoms with Gasteiger partial charge >= 0.3 is 6.09 Å². The van der Waals surface area contributed by atoms with Crippen LogP contribution < -0.4 is 16.0 Å². The van der Waals surface area contributed by atoms with Crippen molar-refractivity contribution in [1.82, 2.24) is 16.0 Å². The molecule has 1 rings (SSSR count). The second-order valence-corrected chi connectivity index (χ2v) is 8.14. The SMILES string of the molecule is CCCCC(CNC(=O)OC(C)(C)C)NC(=NCC1(O)CCC1)NCC.I. The van der Waals surface area contributed by atoms with Crippen molar-refractivity contribution in [2.24, 2.45) is 4.99 Å². The number of halogens is 1. The first-order valence-electron chi connectivity index (χ1n) is 9.91. The van der Waals surface area contributed by atoms with Gasteiger partial charge in [-0.2, -0.15) is 0 Å². The normalized spacial score (nSPS) is 17.2. The number of carbonyl (C=O) groups excluding carboxylic acids is 1. The molecule has 0 bridgehead atoms. The van der Waals surface area contributed by atoms with Gasteiger partial charge in [-0.05, 0) is 53.4 Å².